The maximum Gasteiger partial charge on any atom is 0.120 e. The summed E-state index contributed by atoms with van der Waals surface area (Å²) in [5, 5.41) is 0. The van der Waals surface area contributed by atoms with Gasteiger partial charge in [-0.25, -0.2) is 0 Å². The number of aldehydes is 1. The molecule has 1 aliphatic rings. The molecule has 0 saturated heterocycles. The van der Waals surface area contributed by atoms with Crippen LogP contribution >= 0.6 is 15.9 Å². The average molecular weight is 255 g/mol. The Morgan fingerprint density at radius 3 is 2.79 bits per heavy atom. The number of benzene rings is 1. The van der Waals surface area contributed by atoms with Gasteiger partial charge in [0, 0.05) is 16.8 Å². The summed E-state index contributed by atoms with van der Waals surface area (Å²) >= 11 is 3.36. The van der Waals surface area contributed by atoms with E-state index in [1.54, 1.807) is 0 Å². The standard InChI is InChI=1S/C11H11BrO2/c12-9-1-3-10(4-2-9)14-11-7-8(11)5-6-13/h1-4,6,8,11H,5,7H2. The normalized spacial score (nSPS) is 24.4. The first kappa shape index (κ1) is 9.71. The Bertz CT molecular complexity index is 321. The lowest BCUT2D eigenvalue weighted by Crippen LogP contribution is -2.00. The predicted octanol–water partition coefficient (Wildman–Crippen LogP) is 2.81. The van der Waals surface area contributed by atoms with Gasteiger partial charge < -0.3 is 9.53 Å². The number of carbonyl (C=O) groups excluding carboxylic acids is 1. The number of rotatable bonds is 4. The minimum atomic E-state index is 0.251. The van der Waals surface area contributed by atoms with Gasteiger partial charge in [-0.05, 0) is 30.7 Å². The van der Waals surface area contributed by atoms with Crippen molar-refractivity contribution in [3.63, 3.8) is 0 Å². The maximum atomic E-state index is 10.2. The van der Waals surface area contributed by atoms with Crippen molar-refractivity contribution in [1.29, 1.82) is 0 Å². The van der Waals surface area contributed by atoms with Crippen molar-refractivity contribution in [3.05, 3.63) is 28.7 Å². The van der Waals surface area contributed by atoms with Gasteiger partial charge in [0.25, 0.3) is 0 Å². The number of ether oxygens (including phenoxy) is 1. The van der Waals surface area contributed by atoms with Crippen LogP contribution in [0.5, 0.6) is 5.75 Å². The Morgan fingerprint density at radius 1 is 1.43 bits per heavy atom. The fourth-order valence-electron chi connectivity index (χ4n) is 1.42. The van der Waals surface area contributed by atoms with Crippen LogP contribution in [0.2, 0.25) is 0 Å². The third-order valence-electron chi connectivity index (χ3n) is 2.36. The minimum absolute atomic E-state index is 0.251. The van der Waals surface area contributed by atoms with Crippen molar-refractivity contribution in [1.82, 2.24) is 0 Å². The van der Waals surface area contributed by atoms with Crippen molar-refractivity contribution in [2.45, 2.75) is 18.9 Å². The zero-order valence-electron chi connectivity index (χ0n) is 7.65. The van der Waals surface area contributed by atoms with E-state index in [4.69, 9.17) is 4.74 Å². The Kier molecular flexibility index (Phi) is 2.87. The molecule has 0 aromatic heterocycles. The van der Waals surface area contributed by atoms with Crippen LogP contribution in [0.4, 0.5) is 0 Å². The monoisotopic (exact) mass is 254 g/mol. The molecule has 0 aliphatic heterocycles. The van der Waals surface area contributed by atoms with Crippen LogP contribution in [-0.4, -0.2) is 12.4 Å². The minimum Gasteiger partial charge on any atom is -0.490 e. The molecule has 0 bridgehead atoms. The van der Waals surface area contributed by atoms with E-state index in [2.05, 4.69) is 15.9 Å². The van der Waals surface area contributed by atoms with Gasteiger partial charge in [-0.2, -0.15) is 0 Å². The highest BCUT2D eigenvalue weighted by Crippen LogP contribution is 2.36. The fraction of sp³-hybridized carbons (Fsp3) is 0.364. The lowest BCUT2D eigenvalue weighted by Gasteiger charge is -2.04. The zero-order chi connectivity index (χ0) is 9.97. The van der Waals surface area contributed by atoms with E-state index in [9.17, 15) is 4.79 Å². The molecule has 1 saturated carbocycles. The van der Waals surface area contributed by atoms with Crippen LogP contribution in [0.1, 0.15) is 12.8 Å². The number of carbonyl (C=O) groups is 1. The van der Waals surface area contributed by atoms with Crippen LogP contribution in [0, 0.1) is 5.92 Å². The van der Waals surface area contributed by atoms with E-state index in [0.29, 0.717) is 12.3 Å². The lowest BCUT2D eigenvalue weighted by molar-refractivity contribution is -0.108. The summed E-state index contributed by atoms with van der Waals surface area (Å²) < 4.78 is 6.71. The molecule has 14 heavy (non-hydrogen) atoms. The molecule has 0 radical (unpaired) electrons. The second kappa shape index (κ2) is 4.13. The zero-order valence-corrected chi connectivity index (χ0v) is 9.24. The topological polar surface area (TPSA) is 26.3 Å². The molecule has 0 N–H and O–H groups in total. The Balaban J connectivity index is 1.87. The van der Waals surface area contributed by atoms with Crippen LogP contribution in [0.25, 0.3) is 0 Å². The highest BCUT2D eigenvalue weighted by molar-refractivity contribution is 9.10. The van der Waals surface area contributed by atoms with Gasteiger partial charge in [-0.1, -0.05) is 15.9 Å². The van der Waals surface area contributed by atoms with Gasteiger partial charge >= 0.3 is 0 Å². The maximum absolute atomic E-state index is 10.2. The second-order valence-corrected chi connectivity index (χ2v) is 4.42. The number of halogens is 1. The summed E-state index contributed by atoms with van der Waals surface area (Å²) in [6.45, 7) is 0. The van der Waals surface area contributed by atoms with E-state index in [1.165, 1.54) is 0 Å². The molecule has 0 heterocycles. The van der Waals surface area contributed by atoms with Crippen molar-refractivity contribution in [2.75, 3.05) is 0 Å². The van der Waals surface area contributed by atoms with E-state index < -0.39 is 0 Å². The summed E-state index contributed by atoms with van der Waals surface area (Å²) in [6.07, 6.45) is 2.85. The second-order valence-electron chi connectivity index (χ2n) is 3.51. The lowest BCUT2D eigenvalue weighted by atomic mass is 10.3. The Hall–Kier alpha value is -0.830. The van der Waals surface area contributed by atoms with Crippen LogP contribution in [0.3, 0.4) is 0 Å². The Morgan fingerprint density at radius 2 is 2.14 bits per heavy atom. The van der Waals surface area contributed by atoms with Gasteiger partial charge in [-0.3, -0.25) is 0 Å². The molecule has 0 amide bonds. The molecular weight excluding hydrogens is 244 g/mol. The molecule has 3 heteroatoms. The van der Waals surface area contributed by atoms with E-state index in [0.717, 1.165) is 22.9 Å². The molecule has 1 aliphatic carbocycles. The van der Waals surface area contributed by atoms with Gasteiger partial charge in [0.1, 0.15) is 18.1 Å². The van der Waals surface area contributed by atoms with Crippen LogP contribution < -0.4 is 4.74 Å². The first-order valence-electron chi connectivity index (χ1n) is 4.65. The molecule has 74 valence electrons. The summed E-state index contributed by atoms with van der Waals surface area (Å²) in [6, 6.07) is 7.76. The largest absolute Gasteiger partial charge is 0.490 e. The van der Waals surface area contributed by atoms with E-state index >= 15 is 0 Å². The first-order chi connectivity index (χ1) is 6.79. The summed E-state index contributed by atoms with van der Waals surface area (Å²) in [4.78, 5) is 10.2. The first-order valence-corrected chi connectivity index (χ1v) is 5.45. The summed E-state index contributed by atoms with van der Waals surface area (Å²) in [7, 11) is 0. The molecule has 0 spiro atoms. The van der Waals surface area contributed by atoms with Gasteiger partial charge in [0.05, 0.1) is 0 Å². The smallest absolute Gasteiger partial charge is 0.120 e. The highest BCUT2D eigenvalue weighted by Gasteiger charge is 2.38. The van der Waals surface area contributed by atoms with Crippen molar-refractivity contribution in [2.24, 2.45) is 5.92 Å². The van der Waals surface area contributed by atoms with Crippen LogP contribution in [-0.2, 0) is 4.79 Å². The molecule has 2 atom stereocenters. The highest BCUT2D eigenvalue weighted by atomic mass is 79.9. The van der Waals surface area contributed by atoms with Crippen molar-refractivity contribution in [3.8, 4) is 5.75 Å². The predicted molar refractivity (Wildman–Crippen MR) is 57.3 cm³/mol. The van der Waals surface area contributed by atoms with E-state index in [-0.39, 0.29) is 6.10 Å². The number of hydrogen-bond donors (Lipinski definition) is 0. The van der Waals surface area contributed by atoms with Gasteiger partial charge in [0.2, 0.25) is 0 Å². The molecule has 2 unspecified atom stereocenters. The van der Waals surface area contributed by atoms with Crippen molar-refractivity contribution >= 4 is 22.2 Å². The SMILES string of the molecule is O=CCC1CC1Oc1ccc(Br)cc1. The van der Waals surface area contributed by atoms with E-state index in [1.807, 2.05) is 24.3 Å². The molecule has 2 nitrogen and oxygen atoms in total. The molecule has 1 fully saturated rings. The third kappa shape index (κ3) is 2.35. The quantitative estimate of drug-likeness (QED) is 0.773. The Labute approximate surface area is 91.4 Å². The molecule has 1 aromatic rings. The number of hydrogen-bond acceptors (Lipinski definition) is 2. The summed E-state index contributed by atoms with van der Waals surface area (Å²) in [5.74, 6) is 1.32. The molecule has 1 aromatic carbocycles. The third-order valence-corrected chi connectivity index (χ3v) is 2.89. The fourth-order valence-corrected chi connectivity index (χ4v) is 1.69. The average Bonchev–Trinajstić information content (AvgIpc) is 2.89. The summed E-state index contributed by atoms with van der Waals surface area (Å²) in [5.41, 5.74) is 0. The van der Waals surface area contributed by atoms with Gasteiger partial charge in [0.15, 0.2) is 0 Å². The van der Waals surface area contributed by atoms with Gasteiger partial charge in [-0.15, -0.1) is 0 Å². The molecule has 2 rings (SSSR count). The van der Waals surface area contributed by atoms with Crippen molar-refractivity contribution < 1.29 is 9.53 Å². The van der Waals surface area contributed by atoms with Crippen LogP contribution in [0.15, 0.2) is 28.7 Å². The molecular formula is C11H11BrO2.